The Hall–Kier alpha value is -3.20. The Morgan fingerprint density at radius 1 is 0.600 bits per heavy atom. The lowest BCUT2D eigenvalue weighted by atomic mass is 10.2. The van der Waals surface area contributed by atoms with Gasteiger partial charge in [0.25, 0.3) is 0 Å². The lowest BCUT2D eigenvalue weighted by molar-refractivity contribution is -0.689. The Balaban J connectivity index is 0.00000433. The molecular formula is C36H46Br2N2O8S2. The van der Waals surface area contributed by atoms with E-state index in [4.69, 9.17) is 28.4 Å². The fraction of sp³-hybridized carbons (Fsp3) is 0.444. The molecule has 4 aromatic rings. The van der Waals surface area contributed by atoms with E-state index in [-0.39, 0.29) is 58.7 Å². The number of thiazole rings is 2. The van der Waals surface area contributed by atoms with Crippen LogP contribution in [0.25, 0.3) is 0 Å². The van der Waals surface area contributed by atoms with Crippen molar-refractivity contribution < 1.29 is 81.1 Å². The van der Waals surface area contributed by atoms with Gasteiger partial charge in [0.05, 0.1) is 51.4 Å². The molecule has 0 radical (unpaired) electrons. The second-order valence-electron chi connectivity index (χ2n) is 11.2. The molecule has 0 aliphatic heterocycles. The quantitative estimate of drug-likeness (QED) is 0.0714. The molecule has 0 bridgehead atoms. The number of aromatic nitrogens is 2. The van der Waals surface area contributed by atoms with Crippen molar-refractivity contribution in [2.75, 3.05) is 41.7 Å². The molecule has 0 aliphatic carbocycles. The number of hydrogen-bond donors (Lipinski definition) is 0. The van der Waals surface area contributed by atoms with Crippen molar-refractivity contribution in [3.8, 4) is 23.0 Å². The Morgan fingerprint density at radius 2 is 0.980 bits per heavy atom. The minimum Gasteiger partial charge on any atom is -1.00 e. The standard InChI is InChI=1S/C36H46N2O8S2.2BrH/c1-25-33(47-23-37(25)21-27-11-13-29(41-3)31(19-27)43-5)15-17-45-35(39)9-7-8-10-36(40)46-18-16-34-26(2)38(24-48-34)22-28-12-14-30(42-4)32(20-28)44-6;;/h11-14,19-20,23-24H,7-10,15-18,21-22H2,1-6H3;2*1H/q+2;;/p-2. The fourth-order valence-corrected chi connectivity index (χ4v) is 7.20. The first kappa shape index (κ1) is 43.0. The van der Waals surface area contributed by atoms with Gasteiger partial charge in [-0.25, -0.2) is 0 Å². The molecule has 0 spiro atoms. The number of nitrogens with zero attached hydrogens (tertiary/aromatic N) is 2. The highest BCUT2D eigenvalue weighted by molar-refractivity contribution is 7.09. The van der Waals surface area contributed by atoms with Crippen LogP contribution in [-0.2, 0) is 45.0 Å². The van der Waals surface area contributed by atoms with Crippen LogP contribution >= 0.6 is 22.7 Å². The van der Waals surface area contributed by atoms with Gasteiger partial charge in [-0.05, 0) is 49.2 Å². The molecule has 274 valence electrons. The largest absolute Gasteiger partial charge is 1.00 e. The number of rotatable bonds is 19. The first-order valence-corrected chi connectivity index (χ1v) is 17.7. The summed E-state index contributed by atoms with van der Waals surface area (Å²) in [6, 6.07) is 11.8. The van der Waals surface area contributed by atoms with Gasteiger partial charge in [0.1, 0.15) is 0 Å². The molecule has 10 nitrogen and oxygen atoms in total. The van der Waals surface area contributed by atoms with E-state index in [1.807, 2.05) is 36.4 Å². The Kier molecular flexibility index (Phi) is 18.8. The van der Waals surface area contributed by atoms with E-state index in [0.717, 1.165) is 22.5 Å². The lowest BCUT2D eigenvalue weighted by Crippen LogP contribution is -3.00. The zero-order chi connectivity index (χ0) is 34.5. The number of methoxy groups -OCH3 is 4. The normalized spacial score (nSPS) is 10.4. The molecule has 0 saturated carbocycles. The molecule has 4 rings (SSSR count). The van der Waals surface area contributed by atoms with Crippen molar-refractivity contribution in [1.82, 2.24) is 0 Å². The highest BCUT2D eigenvalue weighted by Crippen LogP contribution is 2.29. The smallest absolute Gasteiger partial charge is 0.305 e. The molecule has 0 aliphatic rings. The minimum absolute atomic E-state index is 0. The summed E-state index contributed by atoms with van der Waals surface area (Å²) in [6.45, 7) is 6.23. The number of ether oxygens (including phenoxy) is 6. The van der Waals surface area contributed by atoms with Gasteiger partial charge in [0, 0.05) is 50.7 Å². The maximum absolute atomic E-state index is 12.3. The number of esters is 2. The third kappa shape index (κ3) is 12.2. The van der Waals surface area contributed by atoms with Gasteiger partial charge >= 0.3 is 11.9 Å². The van der Waals surface area contributed by atoms with Crippen LogP contribution in [0.2, 0.25) is 0 Å². The van der Waals surface area contributed by atoms with Crippen molar-refractivity contribution >= 4 is 34.6 Å². The average Bonchev–Trinajstić information content (AvgIpc) is 3.62. The topological polar surface area (TPSA) is 97.3 Å². The van der Waals surface area contributed by atoms with Crippen molar-refractivity contribution in [3.63, 3.8) is 0 Å². The van der Waals surface area contributed by atoms with Crippen LogP contribution in [0.5, 0.6) is 23.0 Å². The second-order valence-corrected chi connectivity index (χ2v) is 13.1. The van der Waals surface area contributed by atoms with Crippen LogP contribution in [-0.4, -0.2) is 53.6 Å². The summed E-state index contributed by atoms with van der Waals surface area (Å²) in [6.07, 6.45) is 3.05. The molecule has 50 heavy (non-hydrogen) atoms. The number of halogens is 2. The van der Waals surface area contributed by atoms with E-state index < -0.39 is 0 Å². The van der Waals surface area contributed by atoms with E-state index in [1.165, 1.54) is 9.75 Å². The Morgan fingerprint density at radius 3 is 1.34 bits per heavy atom. The first-order chi connectivity index (χ1) is 23.3. The van der Waals surface area contributed by atoms with Crippen molar-refractivity contribution in [2.45, 2.75) is 65.5 Å². The lowest BCUT2D eigenvalue weighted by Gasteiger charge is -2.08. The Bertz CT molecular complexity index is 1560. The zero-order valence-electron chi connectivity index (χ0n) is 29.4. The van der Waals surface area contributed by atoms with Gasteiger partial charge in [-0.15, -0.1) is 0 Å². The average molecular weight is 859 g/mol. The number of hydrogen-bond acceptors (Lipinski definition) is 10. The molecule has 0 amide bonds. The predicted octanol–water partition coefficient (Wildman–Crippen LogP) is -0.428. The maximum atomic E-state index is 12.3. The van der Waals surface area contributed by atoms with E-state index in [9.17, 15) is 9.59 Å². The summed E-state index contributed by atoms with van der Waals surface area (Å²) < 4.78 is 36.8. The third-order valence-electron chi connectivity index (χ3n) is 8.11. The summed E-state index contributed by atoms with van der Waals surface area (Å²) in [4.78, 5) is 26.9. The minimum atomic E-state index is -0.245. The zero-order valence-corrected chi connectivity index (χ0v) is 34.2. The molecule has 0 unspecified atom stereocenters. The van der Waals surface area contributed by atoms with Gasteiger partial charge in [0.2, 0.25) is 11.0 Å². The summed E-state index contributed by atoms with van der Waals surface area (Å²) in [5.74, 6) is 2.32. The highest BCUT2D eigenvalue weighted by atomic mass is 79.9. The predicted molar refractivity (Wildman–Crippen MR) is 184 cm³/mol. The van der Waals surface area contributed by atoms with E-state index >= 15 is 0 Å². The van der Waals surface area contributed by atoms with E-state index in [1.54, 1.807) is 51.1 Å². The summed E-state index contributed by atoms with van der Waals surface area (Å²) in [5, 5.41) is 0. The molecule has 2 heterocycles. The molecule has 14 heteroatoms. The van der Waals surface area contributed by atoms with Gasteiger partial charge < -0.3 is 62.4 Å². The van der Waals surface area contributed by atoms with Crippen LogP contribution < -0.4 is 62.0 Å². The number of carbonyl (C=O) groups is 2. The number of unbranched alkanes of at least 4 members (excludes halogenated alkanes) is 1. The monoisotopic (exact) mass is 856 g/mol. The van der Waals surface area contributed by atoms with Crippen LogP contribution in [0.1, 0.15) is 58.0 Å². The van der Waals surface area contributed by atoms with Gasteiger partial charge in [-0.3, -0.25) is 9.59 Å². The highest BCUT2D eigenvalue weighted by Gasteiger charge is 2.19. The molecular weight excluding hydrogens is 812 g/mol. The summed E-state index contributed by atoms with van der Waals surface area (Å²) >= 11 is 3.31. The SMILES string of the molecule is COc1ccc(C[n+]2csc(CCOC(=O)CCCCC(=O)OCCc3sc[n+](Cc4ccc(OC)c(OC)c4)c3C)c2C)cc1OC.[Br-].[Br-]. The van der Waals surface area contributed by atoms with Crippen LogP contribution in [0.4, 0.5) is 0 Å². The van der Waals surface area contributed by atoms with Crippen molar-refractivity contribution in [2.24, 2.45) is 0 Å². The molecule has 0 N–H and O–H groups in total. The fourth-order valence-electron chi connectivity index (χ4n) is 5.24. The van der Waals surface area contributed by atoms with Crippen LogP contribution in [0.3, 0.4) is 0 Å². The molecule has 2 aromatic heterocycles. The maximum Gasteiger partial charge on any atom is 0.305 e. The van der Waals surface area contributed by atoms with Crippen molar-refractivity contribution in [3.05, 3.63) is 79.7 Å². The van der Waals surface area contributed by atoms with Crippen LogP contribution in [0, 0.1) is 13.8 Å². The summed E-state index contributed by atoms with van der Waals surface area (Å²) in [7, 11) is 6.51. The van der Waals surface area contributed by atoms with Gasteiger partial charge in [-0.2, -0.15) is 9.13 Å². The van der Waals surface area contributed by atoms with Crippen LogP contribution in [0.15, 0.2) is 47.4 Å². The third-order valence-corrected chi connectivity index (χ3v) is 10.4. The van der Waals surface area contributed by atoms with Gasteiger partial charge in [-0.1, -0.05) is 22.7 Å². The number of carbonyl (C=O) groups excluding carboxylic acids is 2. The molecule has 2 aromatic carbocycles. The summed E-state index contributed by atoms with van der Waals surface area (Å²) in [5.41, 5.74) is 8.67. The molecule has 0 fully saturated rings. The van der Waals surface area contributed by atoms with E-state index in [2.05, 4.69) is 34.0 Å². The van der Waals surface area contributed by atoms with E-state index in [0.29, 0.717) is 75.0 Å². The van der Waals surface area contributed by atoms with Crippen molar-refractivity contribution in [1.29, 1.82) is 0 Å². The van der Waals surface area contributed by atoms with Gasteiger partial charge in [0.15, 0.2) is 47.5 Å². The second kappa shape index (κ2) is 21.9. The molecule has 0 atom stereocenters. The first-order valence-electron chi connectivity index (χ1n) is 15.9. The Labute approximate surface area is 323 Å². The molecule has 0 saturated heterocycles. The number of benzene rings is 2.